The van der Waals surface area contributed by atoms with Gasteiger partial charge in [0.2, 0.25) is 5.91 Å². The molecule has 3 rings (SSSR count). The quantitative estimate of drug-likeness (QED) is 0.945. The molecule has 1 amide bonds. The second-order valence-corrected chi connectivity index (χ2v) is 5.89. The summed E-state index contributed by atoms with van der Waals surface area (Å²) < 4.78 is 0. The van der Waals surface area contributed by atoms with Crippen molar-refractivity contribution in [2.24, 2.45) is 5.92 Å². The van der Waals surface area contributed by atoms with E-state index >= 15 is 0 Å². The number of benzene rings is 2. The Kier molecular flexibility index (Phi) is 4.05. The maximum absolute atomic E-state index is 12.3. The van der Waals surface area contributed by atoms with E-state index in [4.69, 9.17) is 0 Å². The molecule has 2 aromatic carbocycles. The fourth-order valence-corrected chi connectivity index (χ4v) is 2.87. The van der Waals surface area contributed by atoms with Crippen LogP contribution in [0.3, 0.4) is 0 Å². The molecule has 1 N–H and O–H groups in total. The Morgan fingerprint density at radius 2 is 1.82 bits per heavy atom. The first-order valence-electron chi connectivity index (χ1n) is 7.58. The summed E-state index contributed by atoms with van der Waals surface area (Å²) in [4.78, 5) is 24.5. The lowest BCUT2D eigenvalue weighted by molar-refractivity contribution is -0.125. The van der Waals surface area contributed by atoms with Crippen molar-refractivity contribution in [2.45, 2.75) is 26.3 Å². The lowest BCUT2D eigenvalue weighted by Crippen LogP contribution is -2.35. The van der Waals surface area contributed by atoms with Gasteiger partial charge in [0.25, 0.3) is 0 Å². The Bertz CT molecular complexity index is 704. The van der Waals surface area contributed by atoms with Crippen LogP contribution >= 0.6 is 0 Å². The summed E-state index contributed by atoms with van der Waals surface area (Å²) in [6.07, 6.45) is 0.943. The zero-order valence-electron chi connectivity index (χ0n) is 12.6. The molecule has 0 aliphatic heterocycles. The third-order valence-electron chi connectivity index (χ3n) is 4.17. The summed E-state index contributed by atoms with van der Waals surface area (Å²) in [5.41, 5.74) is 4.02. The summed E-state index contributed by atoms with van der Waals surface area (Å²) >= 11 is 0. The number of rotatable bonds is 3. The van der Waals surface area contributed by atoms with Gasteiger partial charge in [-0.2, -0.15) is 0 Å². The van der Waals surface area contributed by atoms with Gasteiger partial charge in [-0.3, -0.25) is 9.59 Å². The van der Waals surface area contributed by atoms with Crippen molar-refractivity contribution in [3.63, 3.8) is 0 Å². The van der Waals surface area contributed by atoms with E-state index in [-0.39, 0.29) is 17.6 Å². The van der Waals surface area contributed by atoms with Crippen LogP contribution in [0.25, 0.3) is 0 Å². The van der Waals surface area contributed by atoms with Crippen LogP contribution in [0.2, 0.25) is 0 Å². The van der Waals surface area contributed by atoms with Crippen molar-refractivity contribution in [1.29, 1.82) is 0 Å². The van der Waals surface area contributed by atoms with Crippen LogP contribution in [-0.2, 0) is 17.8 Å². The first-order chi connectivity index (χ1) is 10.6. The lowest BCUT2D eigenvalue weighted by Gasteiger charge is -2.22. The highest BCUT2D eigenvalue weighted by Crippen LogP contribution is 2.25. The maximum Gasteiger partial charge on any atom is 0.224 e. The molecule has 112 valence electrons. The van der Waals surface area contributed by atoms with E-state index in [0.29, 0.717) is 19.4 Å². The Hall–Kier alpha value is -2.42. The van der Waals surface area contributed by atoms with Gasteiger partial charge in [-0.25, -0.2) is 0 Å². The number of Topliss-reactive ketones (excluding diaryl/α,β-unsaturated/α-hetero) is 1. The molecule has 22 heavy (non-hydrogen) atoms. The molecule has 3 nitrogen and oxygen atoms in total. The van der Waals surface area contributed by atoms with Crippen LogP contribution < -0.4 is 5.32 Å². The van der Waals surface area contributed by atoms with E-state index in [9.17, 15) is 9.59 Å². The molecule has 0 aromatic heterocycles. The molecule has 0 bridgehead atoms. The number of ketones is 1. The number of fused-ring (bicyclic) bond motifs is 1. The number of aryl methyl sites for hydroxylation is 1. The van der Waals surface area contributed by atoms with Gasteiger partial charge in [0.15, 0.2) is 5.78 Å². The minimum Gasteiger partial charge on any atom is -0.352 e. The van der Waals surface area contributed by atoms with Gasteiger partial charge in [-0.1, -0.05) is 54.1 Å². The smallest absolute Gasteiger partial charge is 0.224 e. The van der Waals surface area contributed by atoms with Crippen LogP contribution in [0.1, 0.15) is 33.5 Å². The normalized spacial score (nSPS) is 17.0. The second-order valence-electron chi connectivity index (χ2n) is 5.89. The summed E-state index contributed by atoms with van der Waals surface area (Å²) in [6, 6.07) is 15.6. The first kappa shape index (κ1) is 14.5. The molecule has 3 heteroatoms. The summed E-state index contributed by atoms with van der Waals surface area (Å²) in [6.45, 7) is 2.54. The van der Waals surface area contributed by atoms with E-state index in [1.165, 1.54) is 5.56 Å². The summed E-state index contributed by atoms with van der Waals surface area (Å²) in [5, 5.41) is 2.95. The van der Waals surface area contributed by atoms with E-state index in [1.807, 2.05) is 55.5 Å². The predicted octanol–water partition coefficient (Wildman–Crippen LogP) is 3.06. The van der Waals surface area contributed by atoms with E-state index in [1.54, 1.807) is 0 Å². The van der Waals surface area contributed by atoms with Crippen molar-refractivity contribution in [3.05, 3.63) is 70.8 Å². The molecular weight excluding hydrogens is 274 g/mol. The van der Waals surface area contributed by atoms with Gasteiger partial charge in [-0.15, -0.1) is 0 Å². The molecule has 2 aromatic rings. The second kappa shape index (κ2) is 6.14. The van der Waals surface area contributed by atoms with Crippen molar-refractivity contribution >= 4 is 11.7 Å². The highest BCUT2D eigenvalue weighted by molar-refractivity contribution is 6.01. The molecule has 1 atom stereocenters. The van der Waals surface area contributed by atoms with Crippen LogP contribution in [0.5, 0.6) is 0 Å². The summed E-state index contributed by atoms with van der Waals surface area (Å²) in [5.74, 6) is -0.228. The van der Waals surface area contributed by atoms with Crippen molar-refractivity contribution in [3.8, 4) is 0 Å². The topological polar surface area (TPSA) is 46.2 Å². The highest BCUT2D eigenvalue weighted by Gasteiger charge is 2.29. The van der Waals surface area contributed by atoms with E-state index in [2.05, 4.69) is 5.32 Å². The molecule has 0 spiro atoms. The first-order valence-corrected chi connectivity index (χ1v) is 7.58. The molecule has 1 aliphatic rings. The van der Waals surface area contributed by atoms with E-state index < -0.39 is 0 Å². The van der Waals surface area contributed by atoms with Crippen LogP contribution in [0.15, 0.2) is 48.5 Å². The molecule has 1 unspecified atom stereocenters. The van der Waals surface area contributed by atoms with Gasteiger partial charge in [0.05, 0.1) is 0 Å². The third kappa shape index (κ3) is 3.08. The molecule has 0 saturated heterocycles. The number of hydrogen-bond acceptors (Lipinski definition) is 2. The van der Waals surface area contributed by atoms with Crippen molar-refractivity contribution in [2.75, 3.05) is 0 Å². The lowest BCUT2D eigenvalue weighted by atomic mass is 9.82. The van der Waals surface area contributed by atoms with E-state index in [0.717, 1.165) is 16.7 Å². The molecular formula is C19H19NO2. The van der Waals surface area contributed by atoms with Gasteiger partial charge in [0, 0.05) is 24.4 Å². The minimum absolute atomic E-state index is 0.0385. The average Bonchev–Trinajstić information content (AvgIpc) is 2.54. The number of amides is 1. The Morgan fingerprint density at radius 1 is 1.09 bits per heavy atom. The zero-order valence-corrected chi connectivity index (χ0v) is 12.6. The summed E-state index contributed by atoms with van der Waals surface area (Å²) in [7, 11) is 0. The fraction of sp³-hybridized carbons (Fsp3) is 0.263. The zero-order chi connectivity index (χ0) is 15.5. The van der Waals surface area contributed by atoms with Crippen LogP contribution in [-0.4, -0.2) is 11.7 Å². The number of carbonyl (C=O) groups is 2. The molecule has 0 fully saturated rings. The minimum atomic E-state index is -0.257. The monoisotopic (exact) mass is 293 g/mol. The fourth-order valence-electron chi connectivity index (χ4n) is 2.87. The predicted molar refractivity (Wildman–Crippen MR) is 85.6 cm³/mol. The Morgan fingerprint density at radius 3 is 2.59 bits per heavy atom. The van der Waals surface area contributed by atoms with Gasteiger partial charge < -0.3 is 5.32 Å². The number of hydrogen-bond donors (Lipinski definition) is 1. The average molecular weight is 293 g/mol. The highest BCUT2D eigenvalue weighted by atomic mass is 16.2. The number of carbonyl (C=O) groups excluding carboxylic acids is 2. The third-order valence-corrected chi connectivity index (χ3v) is 4.17. The van der Waals surface area contributed by atoms with Crippen LogP contribution in [0.4, 0.5) is 0 Å². The van der Waals surface area contributed by atoms with Gasteiger partial charge in [0.1, 0.15) is 0 Å². The maximum atomic E-state index is 12.3. The Labute approximate surface area is 130 Å². The van der Waals surface area contributed by atoms with Crippen LogP contribution in [0, 0.1) is 12.8 Å². The molecule has 0 saturated carbocycles. The molecule has 0 heterocycles. The molecule has 0 radical (unpaired) electrons. The molecule has 1 aliphatic carbocycles. The van der Waals surface area contributed by atoms with Gasteiger partial charge >= 0.3 is 0 Å². The standard InChI is InChI=1S/C19H19NO2/c1-13-6-8-14(9-7-13)12-20-19(22)16-10-15-4-2-3-5-17(15)18(21)11-16/h2-9,16H,10-12H2,1H3,(H,20,22). The largest absolute Gasteiger partial charge is 0.352 e. The van der Waals surface area contributed by atoms with Gasteiger partial charge in [-0.05, 0) is 24.5 Å². The number of nitrogens with one attached hydrogen (secondary N) is 1. The van der Waals surface area contributed by atoms with Crippen molar-refractivity contribution < 1.29 is 9.59 Å². The van der Waals surface area contributed by atoms with Crippen molar-refractivity contribution in [1.82, 2.24) is 5.32 Å². The SMILES string of the molecule is Cc1ccc(CNC(=O)C2CC(=O)c3ccccc3C2)cc1. The Balaban J connectivity index is 1.64.